The van der Waals surface area contributed by atoms with Crippen LogP contribution in [0.15, 0.2) is 54.9 Å². The first-order valence-corrected chi connectivity index (χ1v) is 8.61. The molecule has 0 aliphatic carbocycles. The lowest BCUT2D eigenvalue weighted by Crippen LogP contribution is -2.49. The lowest BCUT2D eigenvalue weighted by atomic mass is 10.1. The Balaban J connectivity index is 1.62. The molecule has 0 radical (unpaired) electrons. The third-order valence-corrected chi connectivity index (χ3v) is 4.42. The number of amides is 2. The lowest BCUT2D eigenvalue weighted by molar-refractivity contribution is -0.130. The Morgan fingerprint density at radius 1 is 1.08 bits per heavy atom. The molecule has 2 amide bonds. The van der Waals surface area contributed by atoms with Crippen LogP contribution >= 0.6 is 0 Å². The second-order valence-corrected chi connectivity index (χ2v) is 6.20. The molecule has 2 N–H and O–H groups in total. The van der Waals surface area contributed by atoms with E-state index in [1.165, 1.54) is 6.08 Å². The van der Waals surface area contributed by atoms with Crippen LogP contribution in [0.2, 0.25) is 0 Å². The van der Waals surface area contributed by atoms with Gasteiger partial charge in [-0.2, -0.15) is 0 Å². The van der Waals surface area contributed by atoms with Gasteiger partial charge in [0.2, 0.25) is 11.8 Å². The van der Waals surface area contributed by atoms with Gasteiger partial charge >= 0.3 is 0 Å². The summed E-state index contributed by atoms with van der Waals surface area (Å²) in [5.41, 5.74) is 8.12. The molecule has 3 rings (SSSR count). The first kappa shape index (κ1) is 17.7. The fourth-order valence-electron chi connectivity index (χ4n) is 3.07. The molecule has 2 aromatic rings. The number of nitrogens with two attached hydrogens (primary N) is 1. The Hall–Kier alpha value is -3.15. The Bertz CT molecular complexity index is 796. The minimum Gasteiger partial charge on any atom is -0.367 e. The van der Waals surface area contributed by atoms with Crippen molar-refractivity contribution in [2.24, 2.45) is 5.73 Å². The van der Waals surface area contributed by atoms with E-state index in [1.54, 1.807) is 18.5 Å². The van der Waals surface area contributed by atoms with Crippen molar-refractivity contribution in [3.05, 3.63) is 66.0 Å². The summed E-state index contributed by atoms with van der Waals surface area (Å²) in [6, 6.07) is 11.6. The Morgan fingerprint density at radius 3 is 2.54 bits per heavy atom. The molecule has 1 fully saturated rings. The SMILES string of the molecule is NC(=O)/C=C/c1ccccc1N1CCN(C(=O)Cc2cccnc2)CC1. The van der Waals surface area contributed by atoms with Gasteiger partial charge in [-0.1, -0.05) is 24.3 Å². The number of hydrogen-bond donors (Lipinski definition) is 1. The van der Waals surface area contributed by atoms with E-state index in [-0.39, 0.29) is 5.91 Å². The van der Waals surface area contributed by atoms with E-state index in [2.05, 4.69) is 9.88 Å². The molecule has 1 aromatic heterocycles. The van der Waals surface area contributed by atoms with Crippen LogP contribution in [0.25, 0.3) is 6.08 Å². The molecular weight excluding hydrogens is 328 g/mol. The number of carbonyl (C=O) groups is 2. The highest BCUT2D eigenvalue weighted by Gasteiger charge is 2.22. The van der Waals surface area contributed by atoms with Crippen molar-refractivity contribution in [1.82, 2.24) is 9.88 Å². The van der Waals surface area contributed by atoms with Crippen molar-refractivity contribution in [3.63, 3.8) is 0 Å². The summed E-state index contributed by atoms with van der Waals surface area (Å²) in [4.78, 5) is 31.7. The number of aromatic nitrogens is 1. The minimum atomic E-state index is -0.467. The number of hydrogen-bond acceptors (Lipinski definition) is 4. The largest absolute Gasteiger partial charge is 0.367 e. The van der Waals surface area contributed by atoms with Crippen LogP contribution in [-0.4, -0.2) is 47.9 Å². The van der Waals surface area contributed by atoms with Gasteiger partial charge in [0.15, 0.2) is 0 Å². The van der Waals surface area contributed by atoms with Crippen molar-refractivity contribution in [3.8, 4) is 0 Å². The fourth-order valence-corrected chi connectivity index (χ4v) is 3.07. The summed E-state index contributed by atoms with van der Waals surface area (Å²) in [6.07, 6.45) is 6.92. The molecule has 1 aromatic carbocycles. The van der Waals surface area contributed by atoms with Crippen LogP contribution < -0.4 is 10.6 Å². The molecule has 26 heavy (non-hydrogen) atoms. The molecule has 6 nitrogen and oxygen atoms in total. The molecule has 0 spiro atoms. The molecule has 0 bridgehead atoms. The van der Waals surface area contributed by atoms with E-state index in [1.807, 2.05) is 41.3 Å². The Kier molecular flexibility index (Phi) is 5.63. The molecule has 1 saturated heterocycles. The van der Waals surface area contributed by atoms with Gasteiger partial charge in [0.05, 0.1) is 6.42 Å². The van der Waals surface area contributed by atoms with Crippen LogP contribution in [0.4, 0.5) is 5.69 Å². The van der Waals surface area contributed by atoms with E-state index < -0.39 is 5.91 Å². The zero-order chi connectivity index (χ0) is 18.4. The highest BCUT2D eigenvalue weighted by atomic mass is 16.2. The van der Waals surface area contributed by atoms with E-state index in [0.717, 1.165) is 29.9 Å². The standard InChI is InChI=1S/C20H22N4O2/c21-19(25)8-7-17-5-1-2-6-18(17)23-10-12-24(13-11-23)20(26)14-16-4-3-9-22-15-16/h1-9,15H,10-14H2,(H2,21,25)/b8-7+. The van der Waals surface area contributed by atoms with Crippen LogP contribution in [0, 0.1) is 0 Å². The number of anilines is 1. The van der Waals surface area contributed by atoms with Gasteiger partial charge in [0.1, 0.15) is 0 Å². The predicted octanol–water partition coefficient (Wildman–Crippen LogP) is 1.47. The van der Waals surface area contributed by atoms with Crippen LogP contribution in [0.5, 0.6) is 0 Å². The van der Waals surface area contributed by atoms with Crippen LogP contribution in [0.1, 0.15) is 11.1 Å². The van der Waals surface area contributed by atoms with E-state index in [9.17, 15) is 9.59 Å². The average molecular weight is 350 g/mol. The van der Waals surface area contributed by atoms with Gasteiger partial charge in [-0.05, 0) is 29.3 Å². The summed E-state index contributed by atoms with van der Waals surface area (Å²) in [6.45, 7) is 2.85. The highest BCUT2D eigenvalue weighted by molar-refractivity contribution is 5.91. The molecule has 1 aliphatic rings. The second kappa shape index (κ2) is 8.29. The van der Waals surface area contributed by atoms with Gasteiger partial charge in [-0.15, -0.1) is 0 Å². The third kappa shape index (κ3) is 4.47. The van der Waals surface area contributed by atoms with Crippen molar-refractivity contribution in [2.45, 2.75) is 6.42 Å². The van der Waals surface area contributed by atoms with Gasteiger partial charge < -0.3 is 15.5 Å². The lowest BCUT2D eigenvalue weighted by Gasteiger charge is -2.37. The van der Waals surface area contributed by atoms with E-state index >= 15 is 0 Å². The number of rotatable bonds is 5. The maximum Gasteiger partial charge on any atom is 0.241 e. The number of carbonyl (C=O) groups excluding carboxylic acids is 2. The van der Waals surface area contributed by atoms with Gasteiger partial charge in [0.25, 0.3) is 0 Å². The quantitative estimate of drug-likeness (QED) is 0.828. The number of para-hydroxylation sites is 1. The fraction of sp³-hybridized carbons (Fsp3) is 0.250. The predicted molar refractivity (Wildman–Crippen MR) is 101 cm³/mol. The minimum absolute atomic E-state index is 0.125. The molecule has 1 aliphatic heterocycles. The van der Waals surface area contributed by atoms with E-state index in [0.29, 0.717) is 19.5 Å². The highest BCUT2D eigenvalue weighted by Crippen LogP contribution is 2.23. The molecule has 134 valence electrons. The number of pyridine rings is 1. The first-order chi connectivity index (χ1) is 12.6. The maximum atomic E-state index is 12.5. The van der Waals surface area contributed by atoms with Crippen LogP contribution in [-0.2, 0) is 16.0 Å². The molecular formula is C20H22N4O2. The zero-order valence-electron chi connectivity index (χ0n) is 14.5. The summed E-state index contributed by atoms with van der Waals surface area (Å²) >= 11 is 0. The summed E-state index contributed by atoms with van der Waals surface area (Å²) < 4.78 is 0. The molecule has 0 unspecified atom stereocenters. The summed E-state index contributed by atoms with van der Waals surface area (Å²) in [7, 11) is 0. The number of piperazine rings is 1. The summed E-state index contributed by atoms with van der Waals surface area (Å²) in [5.74, 6) is -0.342. The molecule has 2 heterocycles. The number of nitrogens with zero attached hydrogens (tertiary/aromatic N) is 3. The van der Waals surface area contributed by atoms with Gasteiger partial charge in [-0.3, -0.25) is 14.6 Å². The Labute approximate surface area is 152 Å². The Morgan fingerprint density at radius 2 is 1.85 bits per heavy atom. The third-order valence-electron chi connectivity index (χ3n) is 4.42. The molecule has 0 saturated carbocycles. The normalized spacial score (nSPS) is 14.6. The smallest absolute Gasteiger partial charge is 0.241 e. The maximum absolute atomic E-state index is 12.5. The van der Waals surface area contributed by atoms with Crippen LogP contribution in [0.3, 0.4) is 0 Å². The van der Waals surface area contributed by atoms with Gasteiger partial charge in [0, 0.05) is 50.3 Å². The molecule has 6 heteroatoms. The van der Waals surface area contributed by atoms with E-state index in [4.69, 9.17) is 5.73 Å². The zero-order valence-corrected chi connectivity index (χ0v) is 14.5. The van der Waals surface area contributed by atoms with Crippen molar-refractivity contribution in [2.75, 3.05) is 31.1 Å². The number of benzene rings is 1. The average Bonchev–Trinajstić information content (AvgIpc) is 2.67. The second-order valence-electron chi connectivity index (χ2n) is 6.20. The topological polar surface area (TPSA) is 79.5 Å². The van der Waals surface area contributed by atoms with Gasteiger partial charge in [-0.25, -0.2) is 0 Å². The summed E-state index contributed by atoms with van der Waals surface area (Å²) in [5, 5.41) is 0. The first-order valence-electron chi connectivity index (χ1n) is 8.61. The molecule has 0 atom stereocenters. The van der Waals surface area contributed by atoms with Crippen molar-refractivity contribution < 1.29 is 9.59 Å². The number of primary amides is 1. The van der Waals surface area contributed by atoms with Crippen molar-refractivity contribution in [1.29, 1.82) is 0 Å². The van der Waals surface area contributed by atoms with Crippen molar-refractivity contribution >= 4 is 23.6 Å². The monoisotopic (exact) mass is 350 g/mol.